The van der Waals surface area contributed by atoms with Gasteiger partial charge >= 0.3 is 7.12 Å². The lowest BCUT2D eigenvalue weighted by Crippen LogP contribution is -2.51. The Labute approximate surface area is 143 Å². The molecule has 1 aliphatic rings. The average Bonchev–Trinajstić information content (AvgIpc) is 2.74. The fourth-order valence-corrected chi connectivity index (χ4v) is 2.53. The normalized spacial score (nSPS) is 19.6. The summed E-state index contributed by atoms with van der Waals surface area (Å²) in [7, 11) is -0.560. The number of carbonyl (C=O) groups excluding carboxylic acids is 2. The topological polar surface area (TPSA) is 76.7 Å². The minimum atomic E-state index is -0.560. The van der Waals surface area contributed by atoms with E-state index in [1.165, 1.54) is 0 Å². The first-order valence-electron chi connectivity index (χ1n) is 8.11. The Balaban J connectivity index is 2.13. The molecule has 2 rings (SSSR count). The molecule has 130 valence electrons. The van der Waals surface area contributed by atoms with Gasteiger partial charge in [0.15, 0.2) is 0 Å². The summed E-state index contributed by atoms with van der Waals surface area (Å²) in [4.78, 5) is 22.4. The molecule has 0 aromatic heterocycles. The van der Waals surface area contributed by atoms with Crippen molar-refractivity contribution in [3.63, 3.8) is 0 Å². The van der Waals surface area contributed by atoms with Crippen LogP contribution in [0, 0.1) is 0 Å². The molecule has 1 atom stereocenters. The highest BCUT2D eigenvalue weighted by Crippen LogP contribution is 2.37. The van der Waals surface area contributed by atoms with E-state index in [-0.39, 0.29) is 18.4 Å². The fraction of sp³-hybridized carbons (Fsp3) is 0.529. The lowest BCUT2D eigenvalue weighted by Gasteiger charge is -2.32. The van der Waals surface area contributed by atoms with E-state index in [2.05, 4.69) is 10.6 Å². The Morgan fingerprint density at radius 3 is 2.29 bits per heavy atom. The molecule has 0 radical (unpaired) electrons. The third-order valence-electron chi connectivity index (χ3n) is 4.59. The summed E-state index contributed by atoms with van der Waals surface area (Å²) in [6.45, 7) is 7.82. The maximum absolute atomic E-state index is 12.0. The van der Waals surface area contributed by atoms with Crippen LogP contribution in [0.15, 0.2) is 30.3 Å². The van der Waals surface area contributed by atoms with Gasteiger partial charge in [-0.25, -0.2) is 0 Å². The summed E-state index contributed by atoms with van der Waals surface area (Å²) in [5, 5.41) is 5.27. The van der Waals surface area contributed by atoms with Gasteiger partial charge in [-0.1, -0.05) is 30.3 Å². The molecule has 6 nitrogen and oxygen atoms in total. The highest BCUT2D eigenvalue weighted by Gasteiger charge is 2.54. The number of carbonyl (C=O) groups is 2. The molecular formula is C17H25BN2O4. The Bertz CT molecular complexity index is 561. The average molecular weight is 332 g/mol. The van der Waals surface area contributed by atoms with Crippen LogP contribution in [0.2, 0.25) is 0 Å². The highest BCUT2D eigenvalue weighted by atomic mass is 16.7. The minimum absolute atomic E-state index is 0.0751. The van der Waals surface area contributed by atoms with E-state index >= 15 is 0 Å². The number of nitrogens with one attached hydrogen (secondary N) is 2. The van der Waals surface area contributed by atoms with Gasteiger partial charge in [0.1, 0.15) is 0 Å². The third kappa shape index (κ3) is 4.36. The summed E-state index contributed by atoms with van der Waals surface area (Å²) < 4.78 is 12.2. The first-order chi connectivity index (χ1) is 11.2. The van der Waals surface area contributed by atoms with E-state index in [1.54, 1.807) is 0 Å². The van der Waals surface area contributed by atoms with Crippen LogP contribution in [0.4, 0.5) is 0 Å². The van der Waals surface area contributed by atoms with Gasteiger partial charge in [-0.05, 0) is 39.7 Å². The Kier molecular flexibility index (Phi) is 5.67. The van der Waals surface area contributed by atoms with Gasteiger partial charge in [0.25, 0.3) is 0 Å². The van der Waals surface area contributed by atoms with Gasteiger partial charge in [0.2, 0.25) is 12.3 Å². The van der Waals surface area contributed by atoms with E-state index in [4.69, 9.17) is 9.31 Å². The molecule has 1 heterocycles. The van der Waals surface area contributed by atoms with E-state index < -0.39 is 18.3 Å². The van der Waals surface area contributed by atoms with E-state index in [9.17, 15) is 9.59 Å². The van der Waals surface area contributed by atoms with Crippen LogP contribution >= 0.6 is 0 Å². The maximum atomic E-state index is 12.0. The summed E-state index contributed by atoms with van der Waals surface area (Å²) >= 11 is 0. The van der Waals surface area contributed by atoms with Crippen LogP contribution in [0.3, 0.4) is 0 Å². The molecule has 1 aliphatic heterocycles. The Morgan fingerprint density at radius 2 is 1.75 bits per heavy atom. The van der Waals surface area contributed by atoms with Crippen LogP contribution in [-0.2, 0) is 25.3 Å². The Morgan fingerprint density at radius 1 is 1.17 bits per heavy atom. The molecule has 1 aromatic carbocycles. The van der Waals surface area contributed by atoms with Crippen LogP contribution < -0.4 is 10.6 Å². The molecular weight excluding hydrogens is 307 g/mol. The summed E-state index contributed by atoms with van der Waals surface area (Å²) in [5.74, 6) is -0.632. The number of benzene rings is 1. The SMILES string of the molecule is CC1(C)OB([C@H](Cc2ccccc2)NC(=O)CNC=O)OC1(C)C. The summed E-state index contributed by atoms with van der Waals surface area (Å²) in [6.07, 6.45) is 1.07. The molecule has 0 bridgehead atoms. The van der Waals surface area contributed by atoms with E-state index in [1.807, 2.05) is 58.0 Å². The molecule has 1 fully saturated rings. The molecule has 1 aromatic rings. The standard InChI is InChI=1S/C17H25BN2O4/c1-16(2)17(3,4)24-18(23-16)14(20-15(22)11-19-12-21)10-13-8-6-5-7-9-13/h5-9,12,14H,10-11H2,1-4H3,(H,19,21)(H,20,22)/t14-/m0/s1. The van der Waals surface area contributed by atoms with Crippen molar-refractivity contribution in [2.24, 2.45) is 0 Å². The quantitative estimate of drug-likeness (QED) is 0.579. The fourth-order valence-electron chi connectivity index (χ4n) is 2.53. The molecule has 0 spiro atoms. The first-order valence-corrected chi connectivity index (χ1v) is 8.11. The first kappa shape index (κ1) is 18.5. The Hall–Kier alpha value is -1.86. The van der Waals surface area contributed by atoms with E-state index in [0.717, 1.165) is 5.56 Å². The van der Waals surface area contributed by atoms with Gasteiger partial charge in [-0.3, -0.25) is 9.59 Å². The van der Waals surface area contributed by atoms with Crippen LogP contribution in [0.1, 0.15) is 33.3 Å². The summed E-state index contributed by atoms with van der Waals surface area (Å²) in [6, 6.07) is 9.83. The second-order valence-corrected chi connectivity index (χ2v) is 6.99. The number of hydrogen-bond acceptors (Lipinski definition) is 4. The molecule has 0 saturated carbocycles. The monoisotopic (exact) mass is 332 g/mol. The molecule has 0 unspecified atom stereocenters. The smallest absolute Gasteiger partial charge is 0.402 e. The molecule has 2 N–H and O–H groups in total. The van der Waals surface area contributed by atoms with E-state index in [0.29, 0.717) is 12.8 Å². The predicted molar refractivity (Wildman–Crippen MR) is 92.2 cm³/mol. The van der Waals surface area contributed by atoms with Crippen molar-refractivity contribution >= 4 is 19.4 Å². The second-order valence-electron chi connectivity index (χ2n) is 6.99. The second kappa shape index (κ2) is 7.36. The maximum Gasteiger partial charge on any atom is 0.482 e. The molecule has 0 aliphatic carbocycles. The van der Waals surface area contributed by atoms with Gasteiger partial charge < -0.3 is 19.9 Å². The van der Waals surface area contributed by atoms with Crippen molar-refractivity contribution < 1.29 is 18.9 Å². The molecule has 24 heavy (non-hydrogen) atoms. The van der Waals surface area contributed by atoms with Gasteiger partial charge in [0, 0.05) is 0 Å². The molecule has 7 heteroatoms. The largest absolute Gasteiger partial charge is 0.482 e. The lowest BCUT2D eigenvalue weighted by atomic mass is 9.74. The number of rotatable bonds is 7. The van der Waals surface area contributed by atoms with Gasteiger partial charge in [-0.2, -0.15) is 0 Å². The minimum Gasteiger partial charge on any atom is -0.402 e. The van der Waals surface area contributed by atoms with Crippen LogP contribution in [0.25, 0.3) is 0 Å². The van der Waals surface area contributed by atoms with Crippen molar-refractivity contribution in [1.29, 1.82) is 0 Å². The zero-order chi connectivity index (χ0) is 17.8. The van der Waals surface area contributed by atoms with Crippen LogP contribution in [-0.4, -0.2) is 43.1 Å². The number of amides is 2. The zero-order valence-corrected chi connectivity index (χ0v) is 14.7. The van der Waals surface area contributed by atoms with Gasteiger partial charge in [0.05, 0.1) is 23.7 Å². The summed E-state index contributed by atoms with van der Waals surface area (Å²) in [5.41, 5.74) is 0.123. The van der Waals surface area contributed by atoms with Crippen molar-refractivity contribution in [2.75, 3.05) is 6.54 Å². The third-order valence-corrected chi connectivity index (χ3v) is 4.59. The van der Waals surface area contributed by atoms with Crippen molar-refractivity contribution in [2.45, 2.75) is 51.3 Å². The van der Waals surface area contributed by atoms with Crippen molar-refractivity contribution in [3.05, 3.63) is 35.9 Å². The molecule has 2 amide bonds. The predicted octanol–water partition coefficient (Wildman–Crippen LogP) is 1.09. The van der Waals surface area contributed by atoms with Crippen LogP contribution in [0.5, 0.6) is 0 Å². The zero-order valence-electron chi connectivity index (χ0n) is 14.7. The van der Waals surface area contributed by atoms with Crippen molar-refractivity contribution in [3.8, 4) is 0 Å². The lowest BCUT2D eigenvalue weighted by molar-refractivity contribution is -0.122. The van der Waals surface area contributed by atoms with Crippen molar-refractivity contribution in [1.82, 2.24) is 10.6 Å². The van der Waals surface area contributed by atoms with Gasteiger partial charge in [-0.15, -0.1) is 0 Å². The number of hydrogen-bond donors (Lipinski definition) is 2. The highest BCUT2D eigenvalue weighted by molar-refractivity contribution is 6.48. The molecule has 1 saturated heterocycles.